The van der Waals surface area contributed by atoms with Crippen LogP contribution in [0.5, 0.6) is 0 Å². The van der Waals surface area contributed by atoms with Crippen LogP contribution in [0.4, 0.5) is 9.59 Å². The summed E-state index contributed by atoms with van der Waals surface area (Å²) in [7, 11) is 0. The monoisotopic (exact) mass is 478 g/mol. The fourth-order valence-corrected chi connectivity index (χ4v) is 3.63. The van der Waals surface area contributed by atoms with Gasteiger partial charge in [0, 0.05) is 31.7 Å². The summed E-state index contributed by atoms with van der Waals surface area (Å²) < 4.78 is 11.0. The number of carbonyl (C=O) groups is 2. The Balaban J connectivity index is 2.82. The maximum atomic E-state index is 12.9. The maximum Gasteiger partial charge on any atom is 0.410 e. The van der Waals surface area contributed by atoms with Crippen molar-refractivity contribution in [1.29, 1.82) is 0 Å². The molecule has 0 bridgehead atoms. The predicted octanol–water partition coefficient (Wildman–Crippen LogP) is 5.75. The predicted molar refractivity (Wildman–Crippen MR) is 136 cm³/mol. The molecule has 7 heteroatoms. The van der Waals surface area contributed by atoms with Crippen LogP contribution in [-0.2, 0) is 16.0 Å². The van der Waals surface area contributed by atoms with Crippen LogP contribution in [0, 0.1) is 11.3 Å². The van der Waals surface area contributed by atoms with Crippen LogP contribution in [0.1, 0.15) is 80.7 Å². The Labute approximate surface area is 206 Å². The van der Waals surface area contributed by atoms with Gasteiger partial charge in [0.25, 0.3) is 0 Å². The van der Waals surface area contributed by atoms with Gasteiger partial charge in [-0.15, -0.1) is 0 Å². The highest BCUT2D eigenvalue weighted by Gasteiger charge is 2.30. The molecule has 1 aromatic rings. The third-order valence-electron chi connectivity index (χ3n) is 5.43. The van der Waals surface area contributed by atoms with Crippen molar-refractivity contribution in [3.63, 3.8) is 0 Å². The first-order valence-corrected chi connectivity index (χ1v) is 12.1. The number of nitrogens with zero attached hydrogens (tertiary/aromatic N) is 1. The second kappa shape index (κ2) is 12.4. The standard InChI is InChI=1S/C27H46N2O5/c1-20(28-23(31)33-25(2,3)4)22(19-30)17-27(8,9)15-16-29(24(32)34-26(5,6)7)18-21-13-11-10-12-14-21/h10-14,20,22,30H,15-19H2,1-9H3,(H,28,31). The summed E-state index contributed by atoms with van der Waals surface area (Å²) in [6, 6.07) is 9.59. The van der Waals surface area contributed by atoms with Crippen LogP contribution in [0.3, 0.4) is 0 Å². The molecule has 0 aliphatic heterocycles. The van der Waals surface area contributed by atoms with Crippen LogP contribution in [-0.4, -0.2) is 52.6 Å². The van der Waals surface area contributed by atoms with Crippen molar-refractivity contribution in [2.24, 2.45) is 11.3 Å². The Bertz CT molecular complexity index is 765. The molecule has 0 saturated heterocycles. The van der Waals surface area contributed by atoms with Gasteiger partial charge in [-0.25, -0.2) is 9.59 Å². The van der Waals surface area contributed by atoms with Gasteiger partial charge in [0.2, 0.25) is 0 Å². The topological polar surface area (TPSA) is 88.1 Å². The number of amides is 2. The fraction of sp³-hybridized carbons (Fsp3) is 0.704. The number of nitrogens with one attached hydrogen (secondary N) is 1. The molecule has 1 rings (SSSR count). The molecular weight excluding hydrogens is 432 g/mol. The lowest BCUT2D eigenvalue weighted by atomic mass is 9.78. The lowest BCUT2D eigenvalue weighted by molar-refractivity contribution is 0.0198. The highest BCUT2D eigenvalue weighted by molar-refractivity contribution is 5.68. The highest BCUT2D eigenvalue weighted by Crippen LogP contribution is 2.31. The Hall–Kier alpha value is -2.28. The number of benzene rings is 1. The zero-order valence-electron chi connectivity index (χ0n) is 22.6. The largest absolute Gasteiger partial charge is 0.444 e. The van der Waals surface area contributed by atoms with E-state index in [1.165, 1.54) is 0 Å². The number of rotatable bonds is 10. The maximum absolute atomic E-state index is 12.9. The molecule has 0 spiro atoms. The normalized spacial score (nSPS) is 14.2. The van der Waals surface area contributed by atoms with Gasteiger partial charge in [-0.1, -0.05) is 44.2 Å². The number of ether oxygens (including phenoxy) is 2. The second-order valence-corrected chi connectivity index (χ2v) is 11.9. The summed E-state index contributed by atoms with van der Waals surface area (Å²) in [6.07, 6.45) is 0.559. The van der Waals surface area contributed by atoms with Crippen molar-refractivity contribution in [3.8, 4) is 0 Å². The van der Waals surface area contributed by atoms with E-state index in [9.17, 15) is 14.7 Å². The first-order chi connectivity index (χ1) is 15.5. The average molecular weight is 479 g/mol. The van der Waals surface area contributed by atoms with E-state index >= 15 is 0 Å². The lowest BCUT2D eigenvalue weighted by Gasteiger charge is -2.35. The highest BCUT2D eigenvalue weighted by atomic mass is 16.6. The van der Waals surface area contributed by atoms with Crippen molar-refractivity contribution in [1.82, 2.24) is 10.2 Å². The van der Waals surface area contributed by atoms with Crippen molar-refractivity contribution in [2.45, 2.75) is 98.9 Å². The fourth-order valence-electron chi connectivity index (χ4n) is 3.63. The van der Waals surface area contributed by atoms with Crippen LogP contribution in [0.15, 0.2) is 30.3 Å². The Morgan fingerprint density at radius 2 is 1.53 bits per heavy atom. The number of aliphatic hydroxyl groups is 1. The molecule has 34 heavy (non-hydrogen) atoms. The Kier molecular flexibility index (Phi) is 10.9. The molecular formula is C27H46N2O5. The molecule has 0 radical (unpaired) electrons. The van der Waals surface area contributed by atoms with Crippen LogP contribution < -0.4 is 5.32 Å². The number of hydrogen-bond donors (Lipinski definition) is 2. The first kappa shape index (κ1) is 29.8. The minimum atomic E-state index is -0.582. The summed E-state index contributed by atoms with van der Waals surface area (Å²) in [6.45, 7) is 18.1. The van der Waals surface area contributed by atoms with Gasteiger partial charge >= 0.3 is 12.2 Å². The van der Waals surface area contributed by atoms with E-state index in [1.807, 2.05) is 78.8 Å². The summed E-state index contributed by atoms with van der Waals surface area (Å²) in [5.74, 6) is -0.147. The quantitative estimate of drug-likeness (QED) is 0.447. The molecule has 0 aliphatic rings. The van der Waals surface area contributed by atoms with Gasteiger partial charge in [0.1, 0.15) is 11.2 Å². The zero-order chi connectivity index (χ0) is 26.2. The van der Waals surface area contributed by atoms with Crippen molar-refractivity contribution in [2.75, 3.05) is 13.2 Å². The number of alkyl carbamates (subject to hydrolysis) is 1. The smallest absolute Gasteiger partial charge is 0.410 e. The van der Waals surface area contributed by atoms with Gasteiger partial charge < -0.3 is 24.8 Å². The summed E-state index contributed by atoms with van der Waals surface area (Å²) >= 11 is 0. The van der Waals surface area contributed by atoms with E-state index in [0.717, 1.165) is 5.56 Å². The van der Waals surface area contributed by atoms with E-state index < -0.39 is 17.3 Å². The van der Waals surface area contributed by atoms with E-state index in [-0.39, 0.29) is 30.1 Å². The van der Waals surface area contributed by atoms with Gasteiger partial charge in [-0.05, 0) is 72.3 Å². The van der Waals surface area contributed by atoms with Crippen LogP contribution in [0.2, 0.25) is 0 Å². The van der Waals surface area contributed by atoms with Crippen molar-refractivity contribution in [3.05, 3.63) is 35.9 Å². The average Bonchev–Trinajstić information content (AvgIpc) is 2.67. The second-order valence-electron chi connectivity index (χ2n) is 11.9. The van der Waals surface area contributed by atoms with E-state index in [4.69, 9.17) is 9.47 Å². The van der Waals surface area contributed by atoms with Gasteiger partial charge in [-0.2, -0.15) is 0 Å². The molecule has 2 amide bonds. The summed E-state index contributed by atoms with van der Waals surface area (Å²) in [5.41, 5.74) is -0.308. The minimum Gasteiger partial charge on any atom is -0.444 e. The van der Waals surface area contributed by atoms with Gasteiger partial charge in [0.05, 0.1) is 0 Å². The van der Waals surface area contributed by atoms with E-state index in [2.05, 4.69) is 19.2 Å². The van der Waals surface area contributed by atoms with Gasteiger partial charge in [-0.3, -0.25) is 0 Å². The number of carbonyl (C=O) groups excluding carboxylic acids is 2. The third kappa shape index (κ3) is 12.3. The van der Waals surface area contributed by atoms with Crippen molar-refractivity contribution < 1.29 is 24.2 Å². The molecule has 1 aromatic carbocycles. The SMILES string of the molecule is CC(NC(=O)OC(C)(C)C)C(CO)CC(C)(C)CCN(Cc1ccccc1)C(=O)OC(C)(C)C. The molecule has 194 valence electrons. The summed E-state index contributed by atoms with van der Waals surface area (Å²) in [5, 5.41) is 12.9. The molecule has 0 aromatic heterocycles. The van der Waals surface area contributed by atoms with Crippen LogP contribution in [0.25, 0.3) is 0 Å². The van der Waals surface area contributed by atoms with Crippen molar-refractivity contribution >= 4 is 12.2 Å². The van der Waals surface area contributed by atoms with E-state index in [1.54, 1.807) is 4.90 Å². The molecule has 0 fully saturated rings. The number of hydrogen-bond acceptors (Lipinski definition) is 5. The lowest BCUT2D eigenvalue weighted by Crippen LogP contribution is -2.44. The Morgan fingerprint density at radius 1 is 0.971 bits per heavy atom. The molecule has 7 nitrogen and oxygen atoms in total. The molecule has 0 aliphatic carbocycles. The van der Waals surface area contributed by atoms with Gasteiger partial charge in [0.15, 0.2) is 0 Å². The molecule has 2 unspecified atom stereocenters. The first-order valence-electron chi connectivity index (χ1n) is 12.1. The minimum absolute atomic E-state index is 0.0554. The summed E-state index contributed by atoms with van der Waals surface area (Å²) in [4.78, 5) is 26.8. The molecule has 2 atom stereocenters. The Morgan fingerprint density at radius 3 is 2.03 bits per heavy atom. The third-order valence-corrected chi connectivity index (χ3v) is 5.43. The molecule has 0 saturated carbocycles. The van der Waals surface area contributed by atoms with Crippen LogP contribution >= 0.6 is 0 Å². The van der Waals surface area contributed by atoms with E-state index in [0.29, 0.717) is 25.9 Å². The number of aliphatic hydroxyl groups excluding tert-OH is 1. The molecule has 2 N–H and O–H groups in total. The molecule has 0 heterocycles. The zero-order valence-corrected chi connectivity index (χ0v) is 22.6.